The third-order valence-corrected chi connectivity index (χ3v) is 6.19. The van der Waals surface area contributed by atoms with Crippen molar-refractivity contribution in [3.8, 4) is 0 Å². The lowest BCUT2D eigenvalue weighted by Crippen LogP contribution is -1.93. The maximum Gasteiger partial charge on any atom is 0.193 e. The molecule has 0 atom stereocenters. The molecule has 6 nitrogen and oxygen atoms in total. The molecule has 1 N–H and O–H groups in total. The van der Waals surface area contributed by atoms with Crippen LogP contribution in [0.25, 0.3) is 10.3 Å². The molecule has 0 aliphatic heterocycles. The maximum absolute atomic E-state index is 4.72. The number of hydrogen-bond donors (Lipinski definition) is 1. The lowest BCUT2D eigenvalue weighted by Gasteiger charge is -2.03. The van der Waals surface area contributed by atoms with Crippen LogP contribution < -0.4 is 5.32 Å². The van der Waals surface area contributed by atoms with Gasteiger partial charge in [0.05, 0.1) is 0 Å². The van der Waals surface area contributed by atoms with Gasteiger partial charge in [0.1, 0.15) is 10.5 Å². The Labute approximate surface area is 169 Å². The number of nitrogens with zero attached hydrogens (tertiary/aromatic N) is 5. The van der Waals surface area contributed by atoms with Crippen LogP contribution in [-0.4, -0.2) is 30.7 Å². The highest BCUT2D eigenvalue weighted by Crippen LogP contribution is 2.35. The Morgan fingerprint density at radius 2 is 1.78 bits per heavy atom. The molecule has 4 aromatic rings. The Hall–Kier alpha value is -2.23. The van der Waals surface area contributed by atoms with Gasteiger partial charge in [0.25, 0.3) is 0 Å². The summed E-state index contributed by atoms with van der Waals surface area (Å²) in [7, 11) is 0. The van der Waals surface area contributed by atoms with Crippen molar-refractivity contribution in [2.75, 3.05) is 11.1 Å². The molecule has 0 fully saturated rings. The summed E-state index contributed by atoms with van der Waals surface area (Å²) in [6.45, 7) is 2.15. The minimum atomic E-state index is 0.648. The van der Waals surface area contributed by atoms with E-state index in [4.69, 9.17) is 15.0 Å². The van der Waals surface area contributed by atoms with Gasteiger partial charge in [-0.15, -0.1) is 0 Å². The van der Waals surface area contributed by atoms with Crippen molar-refractivity contribution in [3.63, 3.8) is 0 Å². The van der Waals surface area contributed by atoms with E-state index >= 15 is 0 Å². The van der Waals surface area contributed by atoms with E-state index in [-0.39, 0.29) is 0 Å². The second kappa shape index (κ2) is 8.64. The van der Waals surface area contributed by atoms with Crippen molar-refractivity contribution in [2.45, 2.75) is 28.7 Å². The van der Waals surface area contributed by atoms with Gasteiger partial charge >= 0.3 is 0 Å². The zero-order chi connectivity index (χ0) is 18.5. The molecule has 0 saturated heterocycles. The van der Waals surface area contributed by atoms with Gasteiger partial charge in [-0.1, -0.05) is 48.2 Å². The third-order valence-electron chi connectivity index (χ3n) is 3.40. The molecular formula is C18H16N6S3. The number of para-hydroxylation sites is 1. The molecule has 1 aromatic carbocycles. The number of hydrogen-bond acceptors (Lipinski definition) is 9. The van der Waals surface area contributed by atoms with Crippen LogP contribution in [0.15, 0.2) is 64.1 Å². The van der Waals surface area contributed by atoms with Crippen LogP contribution in [0, 0.1) is 0 Å². The predicted molar refractivity (Wildman–Crippen MR) is 112 cm³/mol. The van der Waals surface area contributed by atoms with Gasteiger partial charge in [0, 0.05) is 23.8 Å². The average molecular weight is 413 g/mol. The summed E-state index contributed by atoms with van der Waals surface area (Å²) in [5.41, 5.74) is 1.77. The molecule has 3 heterocycles. The van der Waals surface area contributed by atoms with E-state index in [1.54, 1.807) is 30.2 Å². The van der Waals surface area contributed by atoms with E-state index in [0.29, 0.717) is 5.16 Å². The molecule has 0 bridgehead atoms. The number of benzene rings is 1. The molecule has 3 aromatic heterocycles. The molecule has 0 unspecified atom stereocenters. The molecule has 9 heteroatoms. The van der Waals surface area contributed by atoms with E-state index in [1.807, 2.05) is 30.3 Å². The number of thiazole rings is 1. The Bertz CT molecular complexity index is 1020. The number of aromatic nitrogens is 5. The van der Waals surface area contributed by atoms with E-state index in [9.17, 15) is 0 Å². The summed E-state index contributed by atoms with van der Waals surface area (Å²) >= 11 is 4.59. The first-order valence-corrected chi connectivity index (χ1v) is 11.0. The normalized spacial score (nSPS) is 11.0. The summed E-state index contributed by atoms with van der Waals surface area (Å²) in [5.74, 6) is 0.978. The first kappa shape index (κ1) is 18.1. The predicted octanol–water partition coefficient (Wildman–Crippen LogP) is 5.27. The van der Waals surface area contributed by atoms with Gasteiger partial charge in [-0.2, -0.15) is 0 Å². The minimum absolute atomic E-state index is 0.648. The Morgan fingerprint density at radius 3 is 2.56 bits per heavy atom. The topological polar surface area (TPSA) is 76.5 Å². The highest BCUT2D eigenvalue weighted by molar-refractivity contribution is 7.99. The summed E-state index contributed by atoms with van der Waals surface area (Å²) in [4.78, 5) is 23.6. The molecule has 0 aliphatic carbocycles. The molecule has 136 valence electrons. The number of rotatable bonds is 7. The van der Waals surface area contributed by atoms with Crippen molar-refractivity contribution in [1.29, 1.82) is 0 Å². The van der Waals surface area contributed by atoms with Gasteiger partial charge in [0.15, 0.2) is 20.3 Å². The third kappa shape index (κ3) is 4.55. The molecule has 0 aliphatic rings. The zero-order valence-corrected chi connectivity index (χ0v) is 16.9. The fourth-order valence-electron chi connectivity index (χ4n) is 2.23. The fourth-order valence-corrected chi connectivity index (χ4v) is 4.74. The molecule has 4 rings (SSSR count). The van der Waals surface area contributed by atoms with Gasteiger partial charge in [-0.05, 0) is 36.4 Å². The summed E-state index contributed by atoms with van der Waals surface area (Å²) in [5, 5.41) is 6.32. The number of anilines is 2. The Morgan fingerprint density at radius 1 is 0.963 bits per heavy atom. The smallest absolute Gasteiger partial charge is 0.193 e. The van der Waals surface area contributed by atoms with Crippen LogP contribution in [0.5, 0.6) is 0 Å². The van der Waals surface area contributed by atoms with Crippen molar-refractivity contribution in [2.24, 2.45) is 0 Å². The highest BCUT2D eigenvalue weighted by atomic mass is 32.2. The SMILES string of the molecule is CCCSc1nc(Sc2ncccn2)c2nc(Nc3ccccc3)sc2n1. The van der Waals surface area contributed by atoms with Crippen LogP contribution in [0.4, 0.5) is 10.8 Å². The number of nitrogens with one attached hydrogen (secondary N) is 1. The number of fused-ring (bicyclic) bond motifs is 1. The molecule has 27 heavy (non-hydrogen) atoms. The monoisotopic (exact) mass is 412 g/mol. The molecule has 0 spiro atoms. The quantitative estimate of drug-likeness (QED) is 0.250. The van der Waals surface area contributed by atoms with Gasteiger partial charge < -0.3 is 5.32 Å². The fraction of sp³-hybridized carbons (Fsp3) is 0.167. The lowest BCUT2D eigenvalue weighted by molar-refractivity contribution is 0.912. The van der Waals surface area contributed by atoms with E-state index in [1.165, 1.54) is 23.1 Å². The van der Waals surface area contributed by atoms with Crippen LogP contribution in [0.1, 0.15) is 13.3 Å². The molecule has 0 saturated carbocycles. The summed E-state index contributed by atoms with van der Waals surface area (Å²) in [6, 6.07) is 11.8. The van der Waals surface area contributed by atoms with Gasteiger partial charge in [0.2, 0.25) is 0 Å². The van der Waals surface area contributed by atoms with Crippen molar-refractivity contribution in [3.05, 3.63) is 48.8 Å². The maximum atomic E-state index is 4.72. The first-order valence-electron chi connectivity index (χ1n) is 8.40. The lowest BCUT2D eigenvalue weighted by atomic mass is 10.3. The molecule has 0 radical (unpaired) electrons. The first-order chi connectivity index (χ1) is 13.3. The van der Waals surface area contributed by atoms with Crippen LogP contribution >= 0.6 is 34.9 Å². The van der Waals surface area contributed by atoms with E-state index in [2.05, 4.69) is 22.2 Å². The van der Waals surface area contributed by atoms with E-state index in [0.717, 1.165) is 43.5 Å². The van der Waals surface area contributed by atoms with Crippen molar-refractivity contribution in [1.82, 2.24) is 24.9 Å². The van der Waals surface area contributed by atoms with E-state index < -0.39 is 0 Å². The largest absolute Gasteiger partial charge is 0.331 e. The van der Waals surface area contributed by atoms with Gasteiger partial charge in [-0.25, -0.2) is 24.9 Å². The Kier molecular flexibility index (Phi) is 5.81. The second-order valence-electron chi connectivity index (χ2n) is 5.46. The average Bonchev–Trinajstić information content (AvgIpc) is 3.10. The summed E-state index contributed by atoms with van der Waals surface area (Å²) in [6.07, 6.45) is 4.52. The van der Waals surface area contributed by atoms with Crippen molar-refractivity contribution < 1.29 is 0 Å². The second-order valence-corrected chi connectivity index (χ2v) is 8.45. The standard InChI is InChI=1S/C18H16N6S3/c1-2-11-25-17-23-14(26-16-19-9-6-10-20-16)13-15(24-17)27-18(22-13)21-12-7-4-3-5-8-12/h3-10H,2,11H2,1H3,(H,21,22). The molecular weight excluding hydrogens is 396 g/mol. The molecule has 0 amide bonds. The highest BCUT2D eigenvalue weighted by Gasteiger charge is 2.16. The minimum Gasteiger partial charge on any atom is -0.331 e. The van der Waals surface area contributed by atoms with Crippen molar-refractivity contribution >= 4 is 56.0 Å². The summed E-state index contributed by atoms with van der Waals surface area (Å²) < 4.78 is 0. The van der Waals surface area contributed by atoms with Crippen LogP contribution in [0.3, 0.4) is 0 Å². The Balaban J connectivity index is 1.71. The van der Waals surface area contributed by atoms with Crippen LogP contribution in [-0.2, 0) is 0 Å². The zero-order valence-electron chi connectivity index (χ0n) is 14.5. The van der Waals surface area contributed by atoms with Gasteiger partial charge in [-0.3, -0.25) is 0 Å². The van der Waals surface area contributed by atoms with Crippen LogP contribution in [0.2, 0.25) is 0 Å². The number of thioether (sulfide) groups is 1.